The lowest BCUT2D eigenvalue weighted by Crippen LogP contribution is -2.45. The summed E-state index contributed by atoms with van der Waals surface area (Å²) in [5, 5.41) is 20.4. The van der Waals surface area contributed by atoms with Crippen molar-refractivity contribution in [1.82, 2.24) is 4.90 Å². The highest BCUT2D eigenvalue weighted by Gasteiger charge is 2.27. The Hall–Kier alpha value is -1.30. The van der Waals surface area contributed by atoms with Gasteiger partial charge in [0, 0.05) is 7.05 Å². The van der Waals surface area contributed by atoms with E-state index in [0.29, 0.717) is 6.42 Å². The maximum Gasteiger partial charge on any atom is 0.233 e. The van der Waals surface area contributed by atoms with Gasteiger partial charge in [-0.25, -0.2) is 0 Å². The summed E-state index contributed by atoms with van der Waals surface area (Å²) in [6.07, 6.45) is 1.28. The second kappa shape index (κ2) is 7.05. The van der Waals surface area contributed by atoms with E-state index in [2.05, 4.69) is 5.16 Å². The van der Waals surface area contributed by atoms with Gasteiger partial charge in [-0.2, -0.15) is 0 Å². The van der Waals surface area contributed by atoms with E-state index >= 15 is 0 Å². The molecule has 0 aliphatic rings. The molecule has 0 aromatic carbocycles. The third-order valence-electron chi connectivity index (χ3n) is 2.62. The van der Waals surface area contributed by atoms with Crippen LogP contribution in [0.2, 0.25) is 0 Å². The van der Waals surface area contributed by atoms with Crippen molar-refractivity contribution >= 4 is 11.7 Å². The molecule has 6 nitrogen and oxygen atoms in total. The summed E-state index contributed by atoms with van der Waals surface area (Å²) < 4.78 is 0. The van der Waals surface area contributed by atoms with E-state index in [1.807, 2.05) is 6.92 Å². The van der Waals surface area contributed by atoms with E-state index in [4.69, 9.17) is 16.0 Å². The molecule has 0 radical (unpaired) electrons. The van der Waals surface area contributed by atoms with Gasteiger partial charge in [-0.3, -0.25) is 4.79 Å². The molecule has 1 amide bonds. The fraction of sp³-hybridized carbons (Fsp3) is 0.800. The number of hydrogen-bond acceptors (Lipinski definition) is 4. The minimum absolute atomic E-state index is 0.0798. The molecule has 0 aromatic heterocycles. The number of hydrogen-bond donors (Lipinski definition) is 3. The molecule has 94 valence electrons. The highest BCUT2D eigenvalue weighted by atomic mass is 16.4. The quantitative estimate of drug-likeness (QED) is 0.259. The molecular weight excluding hydrogens is 210 g/mol. The molecule has 0 heterocycles. The first kappa shape index (κ1) is 14.7. The average molecular weight is 231 g/mol. The Bertz CT molecular complexity index is 256. The van der Waals surface area contributed by atoms with Crippen LogP contribution in [0.25, 0.3) is 0 Å². The van der Waals surface area contributed by atoms with Crippen LogP contribution in [0.4, 0.5) is 0 Å². The van der Waals surface area contributed by atoms with Gasteiger partial charge >= 0.3 is 0 Å². The van der Waals surface area contributed by atoms with Crippen LogP contribution in [-0.4, -0.2) is 46.7 Å². The van der Waals surface area contributed by atoms with Crippen molar-refractivity contribution in [3.8, 4) is 0 Å². The first-order valence-corrected chi connectivity index (χ1v) is 5.34. The number of aliphatic hydroxyl groups excluding tert-OH is 1. The standard InChI is InChI=1S/C10H21N3O3/c1-4-5-8(9(11)12-16)10(15)13(3)7(2)6-14/h7-8,14,16H,4-6H2,1-3H3,(H2,11,12). The van der Waals surface area contributed by atoms with Gasteiger partial charge in [-0.1, -0.05) is 18.5 Å². The van der Waals surface area contributed by atoms with Gasteiger partial charge in [0.1, 0.15) is 0 Å². The number of amidine groups is 1. The summed E-state index contributed by atoms with van der Waals surface area (Å²) in [4.78, 5) is 13.4. The van der Waals surface area contributed by atoms with Crippen LogP contribution >= 0.6 is 0 Å². The molecule has 0 rings (SSSR count). The van der Waals surface area contributed by atoms with E-state index in [1.54, 1.807) is 14.0 Å². The molecule has 6 heteroatoms. The third-order valence-corrected chi connectivity index (χ3v) is 2.62. The zero-order valence-corrected chi connectivity index (χ0v) is 10.1. The van der Waals surface area contributed by atoms with Crippen molar-refractivity contribution in [3.05, 3.63) is 0 Å². The van der Waals surface area contributed by atoms with Gasteiger partial charge in [0.05, 0.1) is 18.6 Å². The number of amides is 1. The minimum Gasteiger partial charge on any atom is -0.409 e. The molecule has 2 unspecified atom stereocenters. The highest BCUT2D eigenvalue weighted by molar-refractivity contribution is 6.02. The van der Waals surface area contributed by atoms with Crippen molar-refractivity contribution in [2.75, 3.05) is 13.7 Å². The van der Waals surface area contributed by atoms with Crippen molar-refractivity contribution in [3.63, 3.8) is 0 Å². The SMILES string of the molecule is CCCC(C(=O)N(C)C(C)CO)C(N)=NO. The van der Waals surface area contributed by atoms with Crippen LogP contribution in [0.1, 0.15) is 26.7 Å². The lowest BCUT2D eigenvalue weighted by atomic mass is 10.0. The van der Waals surface area contributed by atoms with Crippen molar-refractivity contribution in [1.29, 1.82) is 0 Å². The van der Waals surface area contributed by atoms with Crippen LogP contribution < -0.4 is 5.73 Å². The minimum atomic E-state index is -0.617. The molecular formula is C10H21N3O3. The van der Waals surface area contributed by atoms with Crippen LogP contribution in [0.5, 0.6) is 0 Å². The molecule has 0 saturated carbocycles. The zero-order chi connectivity index (χ0) is 12.7. The molecule has 0 aliphatic carbocycles. The van der Waals surface area contributed by atoms with E-state index < -0.39 is 5.92 Å². The second-order valence-corrected chi connectivity index (χ2v) is 3.85. The Balaban J connectivity index is 4.74. The molecule has 0 fully saturated rings. The summed E-state index contributed by atoms with van der Waals surface area (Å²) in [5.74, 6) is -0.934. The van der Waals surface area contributed by atoms with E-state index in [0.717, 1.165) is 6.42 Å². The third kappa shape index (κ3) is 3.69. The van der Waals surface area contributed by atoms with Gasteiger partial charge in [-0.15, -0.1) is 0 Å². The Morgan fingerprint density at radius 3 is 2.50 bits per heavy atom. The summed E-state index contributed by atoms with van der Waals surface area (Å²) in [6.45, 7) is 3.53. The average Bonchev–Trinajstić information content (AvgIpc) is 2.32. The Morgan fingerprint density at radius 1 is 1.56 bits per heavy atom. The van der Waals surface area contributed by atoms with Gasteiger partial charge < -0.3 is 20.9 Å². The summed E-state index contributed by atoms with van der Waals surface area (Å²) >= 11 is 0. The van der Waals surface area contributed by atoms with Gasteiger partial charge in [0.15, 0.2) is 5.84 Å². The molecule has 0 saturated heterocycles. The number of likely N-dealkylation sites (N-methyl/N-ethyl adjacent to an activating group) is 1. The smallest absolute Gasteiger partial charge is 0.233 e. The maximum absolute atomic E-state index is 12.0. The Kier molecular flexibility index (Phi) is 6.48. The fourth-order valence-corrected chi connectivity index (χ4v) is 1.34. The number of rotatable bonds is 6. The topological polar surface area (TPSA) is 99.2 Å². The van der Waals surface area contributed by atoms with Gasteiger partial charge in [0.2, 0.25) is 5.91 Å². The lowest BCUT2D eigenvalue weighted by molar-refractivity contribution is -0.134. The molecule has 16 heavy (non-hydrogen) atoms. The van der Waals surface area contributed by atoms with E-state index in [9.17, 15) is 4.79 Å². The summed E-state index contributed by atoms with van der Waals surface area (Å²) in [7, 11) is 1.59. The summed E-state index contributed by atoms with van der Waals surface area (Å²) in [6, 6.07) is -0.279. The predicted octanol–water partition coefficient (Wildman–Crippen LogP) is -0.0117. The lowest BCUT2D eigenvalue weighted by Gasteiger charge is -2.27. The van der Waals surface area contributed by atoms with Crippen molar-refractivity contribution in [2.45, 2.75) is 32.7 Å². The Labute approximate surface area is 95.7 Å². The number of carbonyl (C=O) groups excluding carboxylic acids is 1. The van der Waals surface area contributed by atoms with Crippen LogP contribution in [0.15, 0.2) is 5.16 Å². The van der Waals surface area contributed by atoms with Gasteiger partial charge in [0.25, 0.3) is 0 Å². The normalized spacial score (nSPS) is 15.6. The fourth-order valence-electron chi connectivity index (χ4n) is 1.34. The highest BCUT2D eigenvalue weighted by Crippen LogP contribution is 2.12. The Morgan fingerprint density at radius 2 is 2.12 bits per heavy atom. The molecule has 0 aromatic rings. The predicted molar refractivity (Wildman–Crippen MR) is 61.1 cm³/mol. The first-order valence-electron chi connectivity index (χ1n) is 5.34. The maximum atomic E-state index is 12.0. The first-order chi connectivity index (χ1) is 7.49. The number of aliphatic hydroxyl groups is 1. The van der Waals surface area contributed by atoms with Crippen molar-refractivity contribution < 1.29 is 15.1 Å². The number of oxime groups is 1. The summed E-state index contributed by atoms with van der Waals surface area (Å²) in [5.41, 5.74) is 5.47. The number of nitrogens with two attached hydrogens (primary N) is 1. The molecule has 2 atom stereocenters. The monoisotopic (exact) mass is 231 g/mol. The van der Waals surface area contributed by atoms with Crippen LogP contribution in [0, 0.1) is 5.92 Å². The molecule has 0 bridgehead atoms. The second-order valence-electron chi connectivity index (χ2n) is 3.85. The van der Waals surface area contributed by atoms with Crippen LogP contribution in [-0.2, 0) is 4.79 Å². The van der Waals surface area contributed by atoms with Gasteiger partial charge in [-0.05, 0) is 13.3 Å². The van der Waals surface area contributed by atoms with Crippen molar-refractivity contribution in [2.24, 2.45) is 16.8 Å². The number of nitrogens with zero attached hydrogens (tertiary/aromatic N) is 2. The molecule has 4 N–H and O–H groups in total. The van der Waals surface area contributed by atoms with E-state index in [-0.39, 0.29) is 24.4 Å². The van der Waals surface area contributed by atoms with E-state index in [1.165, 1.54) is 4.90 Å². The molecule has 0 aliphatic heterocycles. The molecule has 0 spiro atoms. The zero-order valence-electron chi connectivity index (χ0n) is 10.1. The number of carbonyl (C=O) groups is 1. The largest absolute Gasteiger partial charge is 0.409 e. The van der Waals surface area contributed by atoms with Crippen LogP contribution in [0.3, 0.4) is 0 Å².